The summed E-state index contributed by atoms with van der Waals surface area (Å²) in [5.41, 5.74) is -2.05. The number of nitrogens with one attached hydrogen (secondary N) is 1. The standard InChI is InChI=1S/C13H17BrN2O4/c1-12(2,13(3,4)18)15-11(17)8-5-9(14)7-10(6-8)16(19)20/h5-7,18H,1-4H3,(H,15,17). The summed E-state index contributed by atoms with van der Waals surface area (Å²) < 4.78 is 0.443. The molecule has 0 aliphatic rings. The van der Waals surface area contributed by atoms with Gasteiger partial charge < -0.3 is 10.4 Å². The summed E-state index contributed by atoms with van der Waals surface area (Å²) in [5, 5.41) is 23.5. The number of nitro groups is 1. The van der Waals surface area contributed by atoms with Crippen molar-refractivity contribution < 1.29 is 14.8 Å². The van der Waals surface area contributed by atoms with Crippen LogP contribution in [0.1, 0.15) is 38.1 Å². The molecular formula is C13H17BrN2O4. The molecule has 0 saturated carbocycles. The van der Waals surface area contributed by atoms with Gasteiger partial charge in [-0.25, -0.2) is 0 Å². The van der Waals surface area contributed by atoms with Gasteiger partial charge in [-0.05, 0) is 33.8 Å². The molecule has 0 aliphatic heterocycles. The Bertz CT molecular complexity index is 550. The van der Waals surface area contributed by atoms with Gasteiger partial charge in [0, 0.05) is 22.2 Å². The SMILES string of the molecule is CC(C)(O)C(C)(C)NC(=O)c1cc(Br)cc([N+](=O)[O-])c1. The first kappa shape index (κ1) is 16.6. The molecule has 0 radical (unpaired) electrons. The number of benzene rings is 1. The van der Waals surface area contributed by atoms with Crippen LogP contribution in [0, 0.1) is 10.1 Å². The molecule has 0 heterocycles. The van der Waals surface area contributed by atoms with Gasteiger partial charge in [-0.15, -0.1) is 0 Å². The van der Waals surface area contributed by atoms with Gasteiger partial charge in [0.1, 0.15) is 0 Å². The quantitative estimate of drug-likeness (QED) is 0.648. The average Bonchev–Trinajstić information content (AvgIpc) is 2.25. The minimum atomic E-state index is -1.14. The van der Waals surface area contributed by atoms with Crippen LogP contribution >= 0.6 is 15.9 Å². The Labute approximate surface area is 125 Å². The summed E-state index contributed by atoms with van der Waals surface area (Å²) >= 11 is 3.13. The summed E-state index contributed by atoms with van der Waals surface area (Å²) in [6.07, 6.45) is 0. The molecule has 0 fully saturated rings. The van der Waals surface area contributed by atoms with Crippen molar-refractivity contribution in [3.05, 3.63) is 38.3 Å². The summed E-state index contributed by atoms with van der Waals surface area (Å²) in [6, 6.07) is 4.00. The van der Waals surface area contributed by atoms with E-state index in [4.69, 9.17) is 0 Å². The van der Waals surface area contributed by atoms with Crippen LogP contribution in [-0.2, 0) is 0 Å². The molecule has 6 nitrogen and oxygen atoms in total. The number of hydrogen-bond donors (Lipinski definition) is 2. The normalized spacial score (nSPS) is 12.1. The molecule has 1 aromatic rings. The van der Waals surface area contributed by atoms with E-state index in [0.29, 0.717) is 4.47 Å². The zero-order valence-corrected chi connectivity index (χ0v) is 13.3. The van der Waals surface area contributed by atoms with Gasteiger partial charge in [-0.2, -0.15) is 0 Å². The summed E-state index contributed by atoms with van der Waals surface area (Å²) in [6.45, 7) is 6.52. The maximum atomic E-state index is 12.2. The number of aliphatic hydroxyl groups is 1. The third-order valence-corrected chi connectivity index (χ3v) is 3.77. The van der Waals surface area contributed by atoms with Crippen LogP contribution in [0.2, 0.25) is 0 Å². The second-order valence-electron chi connectivity index (χ2n) is 5.59. The highest BCUT2D eigenvalue weighted by Gasteiger charge is 2.36. The minimum Gasteiger partial charge on any atom is -0.388 e. The first-order valence-corrected chi connectivity index (χ1v) is 6.73. The number of nitrogens with zero attached hydrogens (tertiary/aromatic N) is 1. The monoisotopic (exact) mass is 344 g/mol. The van der Waals surface area contributed by atoms with Crippen LogP contribution < -0.4 is 5.32 Å². The summed E-state index contributed by atoms with van der Waals surface area (Å²) in [5.74, 6) is -0.485. The minimum absolute atomic E-state index is 0.156. The molecule has 0 aromatic heterocycles. The first-order valence-electron chi connectivity index (χ1n) is 5.94. The Morgan fingerprint density at radius 1 is 1.30 bits per heavy atom. The van der Waals surface area contributed by atoms with E-state index in [2.05, 4.69) is 21.2 Å². The third kappa shape index (κ3) is 3.77. The largest absolute Gasteiger partial charge is 0.388 e. The molecule has 20 heavy (non-hydrogen) atoms. The van der Waals surface area contributed by atoms with Crippen LogP contribution in [0.15, 0.2) is 22.7 Å². The first-order chi connectivity index (χ1) is 8.94. The molecule has 0 bridgehead atoms. The van der Waals surface area contributed by atoms with Crippen LogP contribution in [-0.4, -0.2) is 27.1 Å². The van der Waals surface area contributed by atoms with E-state index in [1.807, 2.05) is 0 Å². The number of nitro benzene ring substituents is 1. The molecule has 1 rings (SSSR count). The zero-order chi connectivity index (χ0) is 15.7. The lowest BCUT2D eigenvalue weighted by Crippen LogP contribution is -2.57. The van der Waals surface area contributed by atoms with Gasteiger partial charge >= 0.3 is 0 Å². The lowest BCUT2D eigenvalue weighted by Gasteiger charge is -2.38. The number of rotatable bonds is 4. The molecule has 0 atom stereocenters. The molecule has 7 heteroatoms. The van der Waals surface area contributed by atoms with Crippen LogP contribution in [0.4, 0.5) is 5.69 Å². The molecule has 0 unspecified atom stereocenters. The molecule has 2 N–H and O–H groups in total. The van der Waals surface area contributed by atoms with Crippen molar-refractivity contribution in [3.63, 3.8) is 0 Å². The molecule has 1 amide bonds. The number of carbonyl (C=O) groups is 1. The Hall–Kier alpha value is -1.47. The van der Waals surface area contributed by atoms with E-state index < -0.39 is 22.0 Å². The van der Waals surface area contributed by atoms with Crippen LogP contribution in [0.5, 0.6) is 0 Å². The van der Waals surface area contributed by atoms with Crippen molar-refractivity contribution in [2.24, 2.45) is 0 Å². The van der Waals surface area contributed by atoms with Gasteiger partial charge in [0.15, 0.2) is 0 Å². The van der Waals surface area contributed by atoms with Gasteiger partial charge in [0.25, 0.3) is 11.6 Å². The van der Waals surface area contributed by atoms with Gasteiger partial charge in [-0.3, -0.25) is 14.9 Å². The van der Waals surface area contributed by atoms with Crippen molar-refractivity contribution >= 4 is 27.5 Å². The topological polar surface area (TPSA) is 92.5 Å². The van der Waals surface area contributed by atoms with Gasteiger partial charge in [0.2, 0.25) is 0 Å². The second-order valence-corrected chi connectivity index (χ2v) is 6.51. The van der Waals surface area contributed by atoms with E-state index in [-0.39, 0.29) is 11.3 Å². The van der Waals surface area contributed by atoms with Crippen molar-refractivity contribution in [1.82, 2.24) is 5.32 Å². The van der Waals surface area contributed by atoms with Crippen molar-refractivity contribution in [2.45, 2.75) is 38.8 Å². The Kier molecular flexibility index (Phi) is 4.55. The number of carbonyl (C=O) groups excluding carboxylic acids is 1. The lowest BCUT2D eigenvalue weighted by molar-refractivity contribution is -0.385. The van der Waals surface area contributed by atoms with E-state index in [0.717, 1.165) is 0 Å². The zero-order valence-electron chi connectivity index (χ0n) is 11.7. The predicted octanol–water partition coefficient (Wildman–Crippen LogP) is 2.64. The van der Waals surface area contributed by atoms with Crippen molar-refractivity contribution in [3.8, 4) is 0 Å². The lowest BCUT2D eigenvalue weighted by atomic mass is 9.85. The third-order valence-electron chi connectivity index (χ3n) is 3.31. The number of amides is 1. The molecule has 0 aliphatic carbocycles. The highest BCUT2D eigenvalue weighted by Crippen LogP contribution is 2.24. The van der Waals surface area contributed by atoms with Crippen molar-refractivity contribution in [2.75, 3.05) is 0 Å². The van der Waals surface area contributed by atoms with E-state index in [1.54, 1.807) is 27.7 Å². The number of hydrogen-bond acceptors (Lipinski definition) is 4. The highest BCUT2D eigenvalue weighted by atomic mass is 79.9. The van der Waals surface area contributed by atoms with Crippen LogP contribution in [0.25, 0.3) is 0 Å². The molecule has 1 aromatic carbocycles. The fourth-order valence-corrected chi connectivity index (χ4v) is 1.80. The fourth-order valence-electron chi connectivity index (χ4n) is 1.32. The molecule has 0 saturated heterocycles. The van der Waals surface area contributed by atoms with E-state index >= 15 is 0 Å². The Morgan fingerprint density at radius 2 is 1.85 bits per heavy atom. The highest BCUT2D eigenvalue weighted by molar-refractivity contribution is 9.10. The van der Waals surface area contributed by atoms with E-state index in [1.165, 1.54) is 18.2 Å². The summed E-state index contributed by atoms with van der Waals surface area (Å²) in [4.78, 5) is 22.4. The summed E-state index contributed by atoms with van der Waals surface area (Å²) in [7, 11) is 0. The smallest absolute Gasteiger partial charge is 0.271 e. The Balaban J connectivity index is 3.08. The maximum Gasteiger partial charge on any atom is 0.271 e. The average molecular weight is 345 g/mol. The molecule has 0 spiro atoms. The molecule has 110 valence electrons. The fraction of sp³-hybridized carbons (Fsp3) is 0.462. The predicted molar refractivity (Wildman–Crippen MR) is 78.6 cm³/mol. The number of halogens is 1. The molecular weight excluding hydrogens is 328 g/mol. The van der Waals surface area contributed by atoms with Crippen molar-refractivity contribution in [1.29, 1.82) is 0 Å². The number of non-ortho nitro benzene ring substituents is 1. The van der Waals surface area contributed by atoms with Gasteiger partial charge in [-0.1, -0.05) is 15.9 Å². The van der Waals surface area contributed by atoms with Crippen LogP contribution in [0.3, 0.4) is 0 Å². The van der Waals surface area contributed by atoms with E-state index in [9.17, 15) is 20.0 Å². The Morgan fingerprint density at radius 3 is 2.30 bits per heavy atom. The van der Waals surface area contributed by atoms with Gasteiger partial charge in [0.05, 0.1) is 16.1 Å². The maximum absolute atomic E-state index is 12.2. The second kappa shape index (κ2) is 5.49.